The molecule has 1 saturated heterocycles. The summed E-state index contributed by atoms with van der Waals surface area (Å²) in [6.45, 7) is 2.35. The minimum atomic E-state index is 0.320. The van der Waals surface area contributed by atoms with Crippen molar-refractivity contribution in [2.24, 2.45) is 17.8 Å². The second-order valence-corrected chi connectivity index (χ2v) is 7.65. The van der Waals surface area contributed by atoms with Crippen LogP contribution in [-0.2, 0) is 4.79 Å². The average molecular weight is 281 g/mol. The minimum absolute atomic E-state index is 0.320. The molecule has 0 spiro atoms. The first kappa shape index (κ1) is 14.0. The molecule has 0 aromatic carbocycles. The number of allylic oxidation sites excluding steroid dienone is 1. The summed E-state index contributed by atoms with van der Waals surface area (Å²) in [6, 6.07) is 1.99. The van der Waals surface area contributed by atoms with Crippen LogP contribution in [0.3, 0.4) is 0 Å². The lowest BCUT2D eigenvalue weighted by molar-refractivity contribution is -0.104. The van der Waals surface area contributed by atoms with E-state index < -0.39 is 0 Å². The van der Waals surface area contributed by atoms with Gasteiger partial charge in [-0.25, -0.2) is 0 Å². The Morgan fingerprint density at radius 3 is 2.33 bits per heavy atom. The van der Waals surface area contributed by atoms with E-state index in [2.05, 4.69) is 6.92 Å². The molecule has 1 heterocycles. The van der Waals surface area contributed by atoms with E-state index in [1.165, 1.54) is 25.7 Å². The molecule has 0 N–H and O–H groups in total. The summed E-state index contributed by atoms with van der Waals surface area (Å²) >= 11 is 3.42. The zero-order chi connectivity index (χ0) is 13.0. The van der Waals surface area contributed by atoms with Gasteiger partial charge in [-0.1, -0.05) is 19.8 Å². The van der Waals surface area contributed by atoms with Crippen LogP contribution in [-0.4, -0.2) is 17.8 Å². The fourth-order valence-electron chi connectivity index (χ4n) is 2.76. The van der Waals surface area contributed by atoms with Gasteiger partial charge in [-0.2, -0.15) is 5.26 Å². The standard InChI is InChI=1S/C14H19NOS2/c1-10-2-4-11(5-3-10)13-8-17-14(18-9-13)12(6-15)7-16/h7,10-11,13H,2-5,8-9H2,1H3. The van der Waals surface area contributed by atoms with Crippen molar-refractivity contribution in [3.05, 3.63) is 9.81 Å². The van der Waals surface area contributed by atoms with Crippen molar-refractivity contribution < 1.29 is 4.79 Å². The monoisotopic (exact) mass is 281 g/mol. The fourth-order valence-corrected chi connectivity index (χ4v) is 5.66. The molecule has 2 aliphatic rings. The van der Waals surface area contributed by atoms with Crippen molar-refractivity contribution in [3.63, 3.8) is 0 Å². The second kappa shape index (κ2) is 6.68. The molecule has 0 aromatic heterocycles. The lowest BCUT2D eigenvalue weighted by Crippen LogP contribution is -2.26. The van der Waals surface area contributed by atoms with Crippen LogP contribution in [0.25, 0.3) is 0 Å². The number of hydrogen-bond donors (Lipinski definition) is 0. The number of thioether (sulfide) groups is 2. The molecule has 1 saturated carbocycles. The molecule has 1 aliphatic heterocycles. The summed E-state index contributed by atoms with van der Waals surface area (Å²) in [5.74, 6) is 4.70. The van der Waals surface area contributed by atoms with E-state index in [1.54, 1.807) is 23.5 Å². The molecule has 0 unspecified atom stereocenters. The van der Waals surface area contributed by atoms with E-state index in [4.69, 9.17) is 5.26 Å². The van der Waals surface area contributed by atoms with Gasteiger partial charge in [0.1, 0.15) is 11.6 Å². The average Bonchev–Trinajstić information content (AvgIpc) is 2.42. The van der Waals surface area contributed by atoms with Crippen LogP contribution < -0.4 is 0 Å². The summed E-state index contributed by atoms with van der Waals surface area (Å²) in [6.07, 6.45) is 6.17. The van der Waals surface area contributed by atoms with Crippen LogP contribution in [0.4, 0.5) is 0 Å². The lowest BCUT2D eigenvalue weighted by atomic mass is 9.77. The maximum absolute atomic E-state index is 10.7. The number of carbonyl (C=O) groups is 1. The summed E-state index contributed by atoms with van der Waals surface area (Å²) in [5.41, 5.74) is 0.320. The van der Waals surface area contributed by atoms with Crippen LogP contribution in [0.2, 0.25) is 0 Å². The Morgan fingerprint density at radius 2 is 1.83 bits per heavy atom. The van der Waals surface area contributed by atoms with Gasteiger partial charge >= 0.3 is 0 Å². The Labute approximate surface area is 118 Å². The van der Waals surface area contributed by atoms with Crippen molar-refractivity contribution in [1.82, 2.24) is 0 Å². The first-order valence-electron chi connectivity index (χ1n) is 6.59. The van der Waals surface area contributed by atoms with Crippen LogP contribution in [0.5, 0.6) is 0 Å². The number of rotatable bonds is 2. The second-order valence-electron chi connectivity index (χ2n) is 5.33. The van der Waals surface area contributed by atoms with E-state index in [0.29, 0.717) is 11.9 Å². The van der Waals surface area contributed by atoms with Crippen LogP contribution in [0.15, 0.2) is 9.81 Å². The minimum Gasteiger partial charge on any atom is -0.297 e. The highest BCUT2D eigenvalue weighted by molar-refractivity contribution is 8.22. The van der Waals surface area contributed by atoms with Crippen molar-refractivity contribution >= 4 is 29.8 Å². The van der Waals surface area contributed by atoms with Gasteiger partial charge in [0.15, 0.2) is 6.29 Å². The van der Waals surface area contributed by atoms with Crippen LogP contribution in [0, 0.1) is 29.1 Å². The zero-order valence-electron chi connectivity index (χ0n) is 10.7. The maximum atomic E-state index is 10.7. The smallest absolute Gasteiger partial charge is 0.162 e. The molecule has 0 aromatic rings. The highest BCUT2D eigenvalue weighted by atomic mass is 32.2. The molecule has 1 aliphatic carbocycles. The third kappa shape index (κ3) is 3.33. The molecule has 2 rings (SSSR count). The van der Waals surface area contributed by atoms with Gasteiger partial charge in [-0.05, 0) is 30.6 Å². The number of nitriles is 1. The quantitative estimate of drug-likeness (QED) is 0.438. The van der Waals surface area contributed by atoms with Gasteiger partial charge in [-0.15, -0.1) is 23.5 Å². The normalized spacial score (nSPS) is 32.7. The Hall–Kier alpha value is -0.400. The van der Waals surface area contributed by atoms with E-state index in [-0.39, 0.29) is 0 Å². The predicted octanol–water partition coefficient (Wildman–Crippen LogP) is 3.84. The number of nitrogens with zero attached hydrogens (tertiary/aromatic N) is 1. The molecular formula is C14H19NOS2. The van der Waals surface area contributed by atoms with Crippen LogP contribution >= 0.6 is 23.5 Å². The van der Waals surface area contributed by atoms with E-state index in [0.717, 1.165) is 33.5 Å². The topological polar surface area (TPSA) is 40.9 Å². The molecule has 0 bridgehead atoms. The molecule has 0 amide bonds. The summed E-state index contributed by atoms with van der Waals surface area (Å²) < 4.78 is 0.938. The molecule has 2 fully saturated rings. The van der Waals surface area contributed by atoms with Crippen molar-refractivity contribution in [2.45, 2.75) is 32.6 Å². The van der Waals surface area contributed by atoms with Gasteiger partial charge in [-0.3, -0.25) is 4.79 Å². The molecule has 0 radical (unpaired) electrons. The molecule has 0 atom stereocenters. The summed E-state index contributed by atoms with van der Waals surface area (Å²) in [5, 5.41) is 8.86. The van der Waals surface area contributed by atoms with Gasteiger partial charge < -0.3 is 0 Å². The Balaban J connectivity index is 1.89. The van der Waals surface area contributed by atoms with E-state index in [9.17, 15) is 4.79 Å². The van der Waals surface area contributed by atoms with Gasteiger partial charge in [0, 0.05) is 11.5 Å². The number of hydrogen-bond acceptors (Lipinski definition) is 4. The molecule has 4 heteroatoms. The highest BCUT2D eigenvalue weighted by Gasteiger charge is 2.29. The third-order valence-electron chi connectivity index (χ3n) is 4.04. The summed E-state index contributed by atoms with van der Waals surface area (Å²) in [7, 11) is 0. The SMILES string of the molecule is CC1CCC(C2CSC(=C(C#N)C=O)SC2)CC1. The fraction of sp³-hybridized carbons (Fsp3) is 0.714. The third-order valence-corrected chi connectivity index (χ3v) is 6.90. The van der Waals surface area contributed by atoms with Gasteiger partial charge in [0.2, 0.25) is 0 Å². The lowest BCUT2D eigenvalue weighted by Gasteiger charge is -2.34. The van der Waals surface area contributed by atoms with Gasteiger partial charge in [0.05, 0.1) is 4.24 Å². The maximum Gasteiger partial charge on any atom is 0.162 e. The Kier molecular flexibility index (Phi) is 5.20. The first-order valence-corrected chi connectivity index (χ1v) is 8.56. The van der Waals surface area contributed by atoms with Crippen LogP contribution in [0.1, 0.15) is 32.6 Å². The van der Waals surface area contributed by atoms with Crippen molar-refractivity contribution in [1.29, 1.82) is 5.26 Å². The largest absolute Gasteiger partial charge is 0.297 e. The van der Waals surface area contributed by atoms with Crippen molar-refractivity contribution in [2.75, 3.05) is 11.5 Å². The van der Waals surface area contributed by atoms with Crippen molar-refractivity contribution in [3.8, 4) is 6.07 Å². The Morgan fingerprint density at radius 1 is 1.22 bits per heavy atom. The van der Waals surface area contributed by atoms with E-state index >= 15 is 0 Å². The Bertz CT molecular complexity index is 368. The highest BCUT2D eigenvalue weighted by Crippen LogP contribution is 2.44. The molecule has 18 heavy (non-hydrogen) atoms. The predicted molar refractivity (Wildman–Crippen MR) is 78.2 cm³/mol. The summed E-state index contributed by atoms with van der Waals surface area (Å²) in [4.78, 5) is 10.7. The molecular weight excluding hydrogens is 262 g/mol. The first-order chi connectivity index (χ1) is 8.74. The molecule has 98 valence electrons. The number of carbonyl (C=O) groups excluding carboxylic acids is 1. The molecule has 2 nitrogen and oxygen atoms in total. The number of aldehydes is 1. The van der Waals surface area contributed by atoms with E-state index in [1.807, 2.05) is 6.07 Å². The van der Waals surface area contributed by atoms with Gasteiger partial charge in [0.25, 0.3) is 0 Å². The zero-order valence-corrected chi connectivity index (χ0v) is 12.4.